The summed E-state index contributed by atoms with van der Waals surface area (Å²) in [5.74, 6) is 0.0829. The number of ether oxygens (including phenoxy) is 1. The van der Waals surface area contributed by atoms with Crippen LogP contribution in [0.5, 0.6) is 5.75 Å². The maximum absolute atomic E-state index is 13.5. The van der Waals surface area contributed by atoms with Crippen molar-refractivity contribution in [3.05, 3.63) is 137 Å². The average Bonchev–Trinajstić information content (AvgIpc) is 2.99. The topological polar surface area (TPSA) is 88.1 Å². The predicted octanol–water partition coefficient (Wildman–Crippen LogP) is 6.73. The quantitative estimate of drug-likeness (QED) is 0.143. The number of carbonyl (C=O) groups is 1. The lowest BCUT2D eigenvalue weighted by Gasteiger charge is -2.24. The normalized spacial score (nSPS) is 11.5. The van der Waals surface area contributed by atoms with Crippen molar-refractivity contribution in [2.24, 2.45) is 5.10 Å². The number of fused-ring (bicyclic) bond motifs is 1. The highest BCUT2D eigenvalue weighted by molar-refractivity contribution is 7.92. The van der Waals surface area contributed by atoms with Crippen LogP contribution in [0.2, 0.25) is 5.02 Å². The van der Waals surface area contributed by atoms with Gasteiger partial charge in [0.25, 0.3) is 15.9 Å². The number of carbonyl (C=O) groups excluding carboxylic acids is 1. The zero-order valence-corrected chi connectivity index (χ0v) is 24.3. The molecule has 0 atom stereocenters. The molecule has 0 radical (unpaired) electrons. The second-order valence-corrected chi connectivity index (χ2v) is 11.9. The minimum atomic E-state index is -4.05. The summed E-state index contributed by atoms with van der Waals surface area (Å²) in [7, 11) is -4.05. The van der Waals surface area contributed by atoms with Crippen LogP contribution in [0.4, 0.5) is 5.69 Å². The van der Waals surface area contributed by atoms with Gasteiger partial charge in [-0.05, 0) is 83.4 Å². The third-order valence-electron chi connectivity index (χ3n) is 6.55. The molecule has 0 saturated heterocycles. The van der Waals surface area contributed by atoms with Gasteiger partial charge in [-0.15, -0.1) is 0 Å². The number of hydrogen-bond acceptors (Lipinski definition) is 5. The number of aryl methyl sites for hydroxylation is 1. The third-order valence-corrected chi connectivity index (χ3v) is 8.57. The van der Waals surface area contributed by atoms with Crippen molar-refractivity contribution in [3.8, 4) is 5.75 Å². The van der Waals surface area contributed by atoms with Crippen LogP contribution in [-0.2, 0) is 21.4 Å². The van der Waals surface area contributed by atoms with Gasteiger partial charge in [0.05, 0.1) is 16.8 Å². The zero-order chi connectivity index (χ0) is 29.5. The van der Waals surface area contributed by atoms with Gasteiger partial charge >= 0.3 is 0 Å². The molecule has 5 aromatic carbocycles. The van der Waals surface area contributed by atoms with E-state index in [1.54, 1.807) is 30.3 Å². The van der Waals surface area contributed by atoms with Gasteiger partial charge in [-0.1, -0.05) is 77.8 Å². The average molecular weight is 598 g/mol. The van der Waals surface area contributed by atoms with Crippen LogP contribution in [0.25, 0.3) is 10.8 Å². The molecule has 0 bridgehead atoms. The van der Waals surface area contributed by atoms with Crippen molar-refractivity contribution in [1.82, 2.24) is 5.43 Å². The fourth-order valence-corrected chi connectivity index (χ4v) is 5.96. The highest BCUT2D eigenvalue weighted by Crippen LogP contribution is 2.26. The standard InChI is InChI=1S/C33H28ClN3O4S/c1-24-12-18-31(19-13-24)42(39,40)37(29-10-5-9-28(34)20-29)22-33(38)36-35-21-25-14-16-30(17-15-25)41-23-27-8-4-7-26-6-2-3-11-32(26)27/h2-21H,22-23H2,1H3,(H,36,38)/b35-21-. The molecule has 0 saturated carbocycles. The van der Waals surface area contributed by atoms with E-state index in [9.17, 15) is 13.2 Å². The van der Waals surface area contributed by atoms with Gasteiger partial charge in [0.2, 0.25) is 0 Å². The third kappa shape index (κ3) is 6.97. The van der Waals surface area contributed by atoms with Crippen molar-refractivity contribution in [3.63, 3.8) is 0 Å². The molecular formula is C33H28ClN3O4S. The van der Waals surface area contributed by atoms with Crippen molar-refractivity contribution >= 4 is 50.2 Å². The summed E-state index contributed by atoms with van der Waals surface area (Å²) >= 11 is 6.12. The van der Waals surface area contributed by atoms with E-state index in [0.717, 1.165) is 31.8 Å². The summed E-state index contributed by atoms with van der Waals surface area (Å²) in [6.45, 7) is 1.80. The first-order valence-corrected chi connectivity index (χ1v) is 15.0. The summed E-state index contributed by atoms with van der Waals surface area (Å²) in [6, 6.07) is 34.3. The van der Waals surface area contributed by atoms with E-state index in [1.807, 2.05) is 55.5 Å². The Labute approximate surface area is 250 Å². The first-order valence-electron chi connectivity index (χ1n) is 13.2. The van der Waals surface area contributed by atoms with Crippen LogP contribution < -0.4 is 14.5 Å². The number of nitrogens with zero attached hydrogens (tertiary/aromatic N) is 2. The Morgan fingerprint density at radius 2 is 1.62 bits per heavy atom. The van der Waals surface area contributed by atoms with Gasteiger partial charge in [-0.2, -0.15) is 5.10 Å². The first kappa shape index (κ1) is 28.9. The highest BCUT2D eigenvalue weighted by Gasteiger charge is 2.27. The van der Waals surface area contributed by atoms with Gasteiger partial charge in [-0.3, -0.25) is 9.10 Å². The Kier molecular flexibility index (Phi) is 8.85. The molecule has 0 heterocycles. The van der Waals surface area contributed by atoms with Crippen molar-refractivity contribution in [2.75, 3.05) is 10.8 Å². The smallest absolute Gasteiger partial charge is 0.264 e. The van der Waals surface area contributed by atoms with Crippen molar-refractivity contribution < 1.29 is 17.9 Å². The number of halogens is 1. The molecule has 0 spiro atoms. The van der Waals surface area contributed by atoms with Crippen LogP contribution in [-0.4, -0.2) is 27.1 Å². The SMILES string of the molecule is Cc1ccc(S(=O)(=O)N(CC(=O)N/N=C\c2ccc(OCc3cccc4ccccc34)cc2)c2cccc(Cl)c2)cc1. The fraction of sp³-hybridized carbons (Fsp3) is 0.0909. The Morgan fingerprint density at radius 3 is 2.38 bits per heavy atom. The summed E-state index contributed by atoms with van der Waals surface area (Å²) in [5.41, 5.74) is 5.42. The number of hydrazone groups is 1. The van der Waals surface area contributed by atoms with Gasteiger partial charge in [0.15, 0.2) is 0 Å². The lowest BCUT2D eigenvalue weighted by molar-refractivity contribution is -0.119. The summed E-state index contributed by atoms with van der Waals surface area (Å²) in [5, 5.41) is 6.68. The molecule has 9 heteroatoms. The largest absolute Gasteiger partial charge is 0.489 e. The number of amides is 1. The number of sulfonamides is 1. The van der Waals surface area contributed by atoms with E-state index < -0.39 is 22.5 Å². The molecule has 1 amide bonds. The molecule has 0 aliphatic carbocycles. The lowest BCUT2D eigenvalue weighted by atomic mass is 10.1. The highest BCUT2D eigenvalue weighted by atomic mass is 35.5. The molecule has 0 aliphatic rings. The van der Waals surface area contributed by atoms with E-state index >= 15 is 0 Å². The second kappa shape index (κ2) is 12.9. The van der Waals surface area contributed by atoms with Crippen LogP contribution in [0.3, 0.4) is 0 Å². The first-order chi connectivity index (χ1) is 20.3. The molecule has 0 fully saturated rings. The minimum Gasteiger partial charge on any atom is -0.489 e. The maximum atomic E-state index is 13.5. The Morgan fingerprint density at radius 1 is 0.905 bits per heavy atom. The molecule has 5 rings (SSSR count). The van der Waals surface area contributed by atoms with E-state index in [2.05, 4.69) is 28.7 Å². The Bertz CT molecular complexity index is 1840. The number of rotatable bonds is 10. The summed E-state index contributed by atoms with van der Waals surface area (Å²) in [4.78, 5) is 12.9. The van der Waals surface area contributed by atoms with Crippen molar-refractivity contribution in [1.29, 1.82) is 0 Å². The van der Waals surface area contributed by atoms with Crippen LogP contribution in [0.15, 0.2) is 125 Å². The molecule has 212 valence electrons. The lowest BCUT2D eigenvalue weighted by Crippen LogP contribution is -2.39. The fourth-order valence-electron chi connectivity index (χ4n) is 4.36. The number of anilines is 1. The zero-order valence-electron chi connectivity index (χ0n) is 22.8. The molecule has 7 nitrogen and oxygen atoms in total. The predicted molar refractivity (Wildman–Crippen MR) is 168 cm³/mol. The Hall–Kier alpha value is -4.66. The molecular weight excluding hydrogens is 570 g/mol. The van der Waals surface area contributed by atoms with Gasteiger partial charge in [0, 0.05) is 5.02 Å². The molecule has 42 heavy (non-hydrogen) atoms. The van der Waals surface area contributed by atoms with Crippen LogP contribution >= 0.6 is 11.6 Å². The molecule has 0 aromatic heterocycles. The van der Waals surface area contributed by atoms with Gasteiger partial charge in [0.1, 0.15) is 18.9 Å². The van der Waals surface area contributed by atoms with E-state index in [1.165, 1.54) is 24.4 Å². The number of hydrogen-bond donors (Lipinski definition) is 1. The maximum Gasteiger partial charge on any atom is 0.264 e. The molecule has 5 aromatic rings. The van der Waals surface area contributed by atoms with Crippen LogP contribution in [0.1, 0.15) is 16.7 Å². The summed E-state index contributed by atoms with van der Waals surface area (Å²) in [6.07, 6.45) is 1.48. The summed E-state index contributed by atoms with van der Waals surface area (Å²) < 4.78 is 33.9. The molecule has 1 N–H and O–H groups in total. The van der Waals surface area contributed by atoms with Crippen LogP contribution in [0, 0.1) is 6.92 Å². The number of nitrogens with one attached hydrogen (secondary N) is 1. The van der Waals surface area contributed by atoms with E-state index in [4.69, 9.17) is 16.3 Å². The molecule has 0 unspecified atom stereocenters. The second-order valence-electron chi connectivity index (χ2n) is 9.59. The minimum absolute atomic E-state index is 0.0622. The van der Waals surface area contributed by atoms with Gasteiger partial charge < -0.3 is 4.74 Å². The van der Waals surface area contributed by atoms with E-state index in [0.29, 0.717) is 17.4 Å². The monoisotopic (exact) mass is 597 g/mol. The Balaban J connectivity index is 1.22. The van der Waals surface area contributed by atoms with Gasteiger partial charge in [-0.25, -0.2) is 13.8 Å². The van der Waals surface area contributed by atoms with Crippen molar-refractivity contribution in [2.45, 2.75) is 18.4 Å². The number of benzene rings is 5. The van der Waals surface area contributed by atoms with E-state index in [-0.39, 0.29) is 10.6 Å². The molecule has 0 aliphatic heterocycles.